The first-order valence-electron chi connectivity index (χ1n) is 6.69. The number of alkyl halides is 6. The first-order chi connectivity index (χ1) is 11.6. The second-order valence-corrected chi connectivity index (χ2v) is 10.3. The Labute approximate surface area is 177 Å². The molecule has 0 spiro atoms. The van der Waals surface area contributed by atoms with Crippen LogP contribution in [0.3, 0.4) is 0 Å². The first kappa shape index (κ1) is 19.4. The zero-order chi connectivity index (χ0) is 18.2. The highest BCUT2D eigenvalue weighted by molar-refractivity contribution is 7.13. The van der Waals surface area contributed by atoms with Crippen LogP contribution in [0.2, 0.25) is 0 Å². The molecule has 0 atom stereocenters. The van der Waals surface area contributed by atoms with E-state index < -0.39 is 7.59 Å². The van der Waals surface area contributed by atoms with Gasteiger partial charge in [-0.2, -0.15) is 0 Å². The SMILES string of the molecule is ClC(Cl)(Cl)c1nc(-c2cc(-c3ccccc3)cs2)nc(C(Cl)(Cl)Cl)n1. The maximum atomic E-state index is 5.89. The Kier molecular flexibility index (Phi) is 5.72. The van der Waals surface area contributed by atoms with Gasteiger partial charge < -0.3 is 0 Å². The molecule has 10 heteroatoms. The van der Waals surface area contributed by atoms with Gasteiger partial charge in [0, 0.05) is 0 Å². The van der Waals surface area contributed by atoms with Crippen LogP contribution in [0.4, 0.5) is 0 Å². The van der Waals surface area contributed by atoms with E-state index in [2.05, 4.69) is 15.0 Å². The molecule has 0 saturated heterocycles. The van der Waals surface area contributed by atoms with Gasteiger partial charge in [-0.15, -0.1) is 11.3 Å². The molecule has 0 saturated carbocycles. The summed E-state index contributed by atoms with van der Waals surface area (Å²) in [5.41, 5.74) is 2.06. The molecule has 0 N–H and O–H groups in total. The molecular weight excluding hydrogens is 467 g/mol. The Bertz CT molecular complexity index is 854. The minimum atomic E-state index is -1.87. The summed E-state index contributed by atoms with van der Waals surface area (Å²) in [4.78, 5) is 13.1. The van der Waals surface area contributed by atoms with Gasteiger partial charge in [-0.05, 0) is 22.6 Å². The van der Waals surface area contributed by atoms with E-state index in [1.54, 1.807) is 0 Å². The van der Waals surface area contributed by atoms with Crippen molar-refractivity contribution in [3.8, 4) is 21.8 Å². The van der Waals surface area contributed by atoms with Gasteiger partial charge in [-0.3, -0.25) is 0 Å². The molecule has 3 rings (SSSR count). The van der Waals surface area contributed by atoms with E-state index in [0.29, 0.717) is 0 Å². The largest absolute Gasteiger partial charge is 0.250 e. The van der Waals surface area contributed by atoms with E-state index in [0.717, 1.165) is 16.0 Å². The quantitative estimate of drug-likeness (QED) is 0.379. The molecule has 2 aromatic heterocycles. The molecule has 0 radical (unpaired) electrons. The molecule has 2 heterocycles. The van der Waals surface area contributed by atoms with Crippen molar-refractivity contribution in [2.24, 2.45) is 0 Å². The van der Waals surface area contributed by atoms with Crippen molar-refractivity contribution in [3.63, 3.8) is 0 Å². The van der Waals surface area contributed by atoms with Crippen LogP contribution >= 0.6 is 80.9 Å². The molecule has 130 valence electrons. The fraction of sp³-hybridized carbons (Fsp3) is 0.133. The van der Waals surface area contributed by atoms with Gasteiger partial charge in [0.1, 0.15) is 0 Å². The zero-order valence-electron chi connectivity index (χ0n) is 12.1. The summed E-state index contributed by atoms with van der Waals surface area (Å²) in [5.74, 6) is 0.0433. The van der Waals surface area contributed by atoms with E-state index in [1.165, 1.54) is 11.3 Å². The Hall–Kier alpha value is -0.330. The van der Waals surface area contributed by atoms with Crippen LogP contribution in [0.15, 0.2) is 41.8 Å². The number of nitrogens with zero attached hydrogens (tertiary/aromatic N) is 3. The van der Waals surface area contributed by atoms with Gasteiger partial charge in [0.15, 0.2) is 17.5 Å². The topological polar surface area (TPSA) is 38.7 Å². The molecule has 0 bridgehead atoms. The normalized spacial score (nSPS) is 12.4. The number of hydrogen-bond acceptors (Lipinski definition) is 4. The molecule has 0 fully saturated rings. The lowest BCUT2D eigenvalue weighted by Gasteiger charge is -2.15. The Balaban J connectivity index is 2.09. The van der Waals surface area contributed by atoms with Crippen molar-refractivity contribution in [1.29, 1.82) is 0 Å². The van der Waals surface area contributed by atoms with Gasteiger partial charge in [0.2, 0.25) is 7.59 Å². The summed E-state index contributed by atoms with van der Waals surface area (Å²) in [6.45, 7) is 0. The Morgan fingerprint density at radius 1 is 0.720 bits per heavy atom. The van der Waals surface area contributed by atoms with Gasteiger partial charge in [-0.25, -0.2) is 15.0 Å². The predicted molar refractivity (Wildman–Crippen MR) is 107 cm³/mol. The van der Waals surface area contributed by atoms with E-state index in [-0.39, 0.29) is 17.5 Å². The smallest absolute Gasteiger partial charge is 0.209 e. The van der Waals surface area contributed by atoms with Gasteiger partial charge in [-0.1, -0.05) is 99.9 Å². The average Bonchev–Trinajstić information content (AvgIpc) is 3.04. The fourth-order valence-corrected chi connectivity index (χ4v) is 3.33. The van der Waals surface area contributed by atoms with Gasteiger partial charge >= 0.3 is 0 Å². The molecule has 1 aromatic carbocycles. The van der Waals surface area contributed by atoms with Crippen molar-refractivity contribution in [2.75, 3.05) is 0 Å². The van der Waals surface area contributed by atoms with Crippen LogP contribution in [-0.4, -0.2) is 15.0 Å². The molecule has 3 nitrogen and oxygen atoms in total. The van der Waals surface area contributed by atoms with Crippen LogP contribution in [0.25, 0.3) is 21.8 Å². The maximum Gasteiger partial charge on any atom is 0.250 e. The van der Waals surface area contributed by atoms with Gasteiger partial charge in [0.05, 0.1) is 4.88 Å². The molecule has 25 heavy (non-hydrogen) atoms. The summed E-state index contributed by atoms with van der Waals surface area (Å²) in [5, 5.41) is 1.97. The summed E-state index contributed by atoms with van der Waals surface area (Å²) in [7, 11) is 0. The third-order valence-electron chi connectivity index (χ3n) is 3.07. The molecule has 0 aliphatic heterocycles. The van der Waals surface area contributed by atoms with Crippen molar-refractivity contribution >= 4 is 80.9 Å². The summed E-state index contributed by atoms with van der Waals surface area (Å²) < 4.78 is -3.75. The summed E-state index contributed by atoms with van der Waals surface area (Å²) in [6.07, 6.45) is 0. The molecule has 0 amide bonds. The number of benzene rings is 1. The van der Waals surface area contributed by atoms with Crippen molar-refractivity contribution in [2.45, 2.75) is 7.59 Å². The Morgan fingerprint density at radius 3 is 1.80 bits per heavy atom. The lowest BCUT2D eigenvalue weighted by atomic mass is 10.1. The molecule has 3 aromatic rings. The molecule has 0 unspecified atom stereocenters. The monoisotopic (exact) mass is 471 g/mol. The number of hydrogen-bond donors (Lipinski definition) is 0. The summed E-state index contributed by atoms with van der Waals surface area (Å²) >= 11 is 36.8. The van der Waals surface area contributed by atoms with Crippen LogP contribution in [-0.2, 0) is 7.59 Å². The van der Waals surface area contributed by atoms with Crippen molar-refractivity contribution in [1.82, 2.24) is 15.0 Å². The Morgan fingerprint density at radius 2 is 1.28 bits per heavy atom. The standard InChI is InChI=1S/C15H7Cl6N3S/c16-14(17,18)12-22-11(23-13(24-12)15(19,20)21)10-6-9(7-25-10)8-4-2-1-3-5-8/h1-7H. The maximum absolute atomic E-state index is 5.89. The number of thiophene rings is 1. The van der Waals surface area contributed by atoms with Crippen LogP contribution in [0.1, 0.15) is 11.6 Å². The molecule has 0 aliphatic carbocycles. The van der Waals surface area contributed by atoms with Crippen LogP contribution < -0.4 is 0 Å². The number of halogens is 6. The number of rotatable bonds is 2. The van der Waals surface area contributed by atoms with E-state index in [9.17, 15) is 0 Å². The lowest BCUT2D eigenvalue weighted by Crippen LogP contribution is -2.16. The highest BCUT2D eigenvalue weighted by atomic mass is 35.6. The van der Waals surface area contributed by atoms with Gasteiger partial charge in [0.25, 0.3) is 0 Å². The number of aromatic nitrogens is 3. The second kappa shape index (κ2) is 7.35. The van der Waals surface area contributed by atoms with Crippen molar-refractivity contribution in [3.05, 3.63) is 53.4 Å². The van der Waals surface area contributed by atoms with E-state index >= 15 is 0 Å². The van der Waals surface area contributed by atoms with Crippen LogP contribution in [0.5, 0.6) is 0 Å². The third kappa shape index (κ3) is 4.69. The minimum absolute atomic E-state index is 0.113. The van der Waals surface area contributed by atoms with Crippen molar-refractivity contribution < 1.29 is 0 Å². The minimum Gasteiger partial charge on any atom is -0.209 e. The van der Waals surface area contributed by atoms with E-state index in [1.807, 2.05) is 41.8 Å². The second-order valence-electron chi connectivity index (χ2n) is 4.87. The average molecular weight is 474 g/mol. The summed E-state index contributed by atoms with van der Waals surface area (Å²) in [6, 6.07) is 11.8. The molecule has 0 aliphatic rings. The molecular formula is C15H7Cl6N3S. The van der Waals surface area contributed by atoms with E-state index in [4.69, 9.17) is 69.6 Å². The highest BCUT2D eigenvalue weighted by Gasteiger charge is 2.34. The first-order valence-corrected chi connectivity index (χ1v) is 9.84. The fourth-order valence-electron chi connectivity index (χ4n) is 1.98. The zero-order valence-corrected chi connectivity index (χ0v) is 17.4. The lowest BCUT2D eigenvalue weighted by molar-refractivity contribution is 0.853. The predicted octanol–water partition coefficient (Wildman–Crippen LogP) is 6.92. The van der Waals surface area contributed by atoms with Crippen LogP contribution in [0, 0.1) is 0 Å². The third-order valence-corrected chi connectivity index (χ3v) is 5.01. The highest BCUT2D eigenvalue weighted by Crippen LogP contribution is 2.41.